The molecule has 0 aliphatic carbocycles. The number of hydrogen-bond donors (Lipinski definition) is 4. The van der Waals surface area contributed by atoms with Gasteiger partial charge in [0, 0.05) is 68.3 Å². The number of nitrogens with one attached hydrogen (secondary N) is 4. The molecule has 0 saturated carbocycles. The van der Waals surface area contributed by atoms with Crippen molar-refractivity contribution in [2.24, 2.45) is 11.8 Å². The number of carbonyl (C=O) groups is 6. The van der Waals surface area contributed by atoms with Crippen molar-refractivity contribution in [1.29, 1.82) is 0 Å². The summed E-state index contributed by atoms with van der Waals surface area (Å²) in [6, 6.07) is 17.8. The van der Waals surface area contributed by atoms with Crippen LogP contribution in [0.1, 0.15) is 49.7 Å². The second-order valence-corrected chi connectivity index (χ2v) is 16.6. The Morgan fingerprint density at radius 1 is 0.641 bits per heavy atom. The van der Waals surface area contributed by atoms with Gasteiger partial charge in [0.25, 0.3) is 0 Å². The Morgan fingerprint density at radius 2 is 1.06 bits per heavy atom. The van der Waals surface area contributed by atoms with E-state index in [1.807, 2.05) is 24.3 Å². The minimum atomic E-state index is -0.868. The first-order chi connectivity index (χ1) is 31.0. The normalized spacial score (nSPS) is 21.4. The van der Waals surface area contributed by atoms with Crippen molar-refractivity contribution in [3.8, 4) is 0 Å². The molecule has 4 fully saturated rings. The summed E-state index contributed by atoms with van der Waals surface area (Å²) in [5, 5.41) is 11.2. The van der Waals surface area contributed by atoms with Crippen molar-refractivity contribution in [1.82, 2.24) is 20.4 Å². The quantitative estimate of drug-likeness (QED) is 0.169. The molecule has 0 aromatic heterocycles. The fraction of sp³-hybridized carbons (Fsp3) is 0.478. The van der Waals surface area contributed by atoms with Crippen molar-refractivity contribution in [3.63, 3.8) is 0 Å². The lowest BCUT2D eigenvalue weighted by Crippen LogP contribution is -2.55. The number of amides is 6. The number of ether oxygens (including phenoxy) is 4. The molecule has 64 heavy (non-hydrogen) atoms. The van der Waals surface area contributed by atoms with Gasteiger partial charge in [0.2, 0.25) is 23.6 Å². The maximum absolute atomic E-state index is 14.0. The summed E-state index contributed by atoms with van der Waals surface area (Å²) in [4.78, 5) is 84.1. The van der Waals surface area contributed by atoms with Crippen molar-refractivity contribution in [2.75, 3.05) is 69.3 Å². The number of halogens is 1. The van der Waals surface area contributed by atoms with Gasteiger partial charge in [0.15, 0.2) is 0 Å². The van der Waals surface area contributed by atoms with Gasteiger partial charge in [-0.2, -0.15) is 0 Å². The van der Waals surface area contributed by atoms with E-state index in [1.165, 1.54) is 36.2 Å². The molecule has 4 aliphatic heterocycles. The maximum atomic E-state index is 14.0. The molecule has 4 heterocycles. The number of rotatable bonds is 15. The highest BCUT2D eigenvalue weighted by atomic mass is 19.1. The Kier molecular flexibility index (Phi) is 15.3. The maximum Gasteiger partial charge on any atom is 0.407 e. The van der Waals surface area contributed by atoms with Gasteiger partial charge in [0.1, 0.15) is 30.0 Å². The first-order valence-corrected chi connectivity index (χ1v) is 21.8. The molecule has 3 aromatic carbocycles. The van der Waals surface area contributed by atoms with Gasteiger partial charge in [-0.15, -0.1) is 0 Å². The SMILES string of the molecule is COC(=O)N[C@H](C(=O)N1CCC[C@H]1C(=O)Nc1ccc(CN(Cc2ccc(NC(=O)[C@@H]3CCCN3C(=O)[C@@H](NC(=O)OC)[C@H]3CCOC3)cc2)c2ccc(F)cc2)cc1)[C@H]1CCOC1. The number of likely N-dealkylation sites (tertiary alicyclic amines) is 2. The van der Waals surface area contributed by atoms with Crippen LogP contribution in [0.3, 0.4) is 0 Å². The smallest absolute Gasteiger partial charge is 0.407 e. The second-order valence-electron chi connectivity index (χ2n) is 16.6. The first-order valence-electron chi connectivity index (χ1n) is 21.8. The molecule has 0 bridgehead atoms. The van der Waals surface area contributed by atoms with Gasteiger partial charge in [-0.1, -0.05) is 24.3 Å². The second kappa shape index (κ2) is 21.4. The third kappa shape index (κ3) is 11.3. The summed E-state index contributed by atoms with van der Waals surface area (Å²) in [5.74, 6) is -2.14. The Morgan fingerprint density at radius 3 is 1.44 bits per heavy atom. The van der Waals surface area contributed by atoms with Gasteiger partial charge < -0.3 is 54.9 Å². The van der Waals surface area contributed by atoms with Crippen LogP contribution in [0, 0.1) is 17.7 Å². The predicted octanol–water partition coefficient (Wildman–Crippen LogP) is 4.41. The molecule has 6 atom stereocenters. The fourth-order valence-electron chi connectivity index (χ4n) is 8.90. The van der Waals surface area contributed by atoms with E-state index in [-0.39, 0.29) is 41.3 Å². The van der Waals surface area contributed by atoms with E-state index in [0.29, 0.717) is 103 Å². The third-order valence-corrected chi connectivity index (χ3v) is 12.4. The molecule has 4 N–H and O–H groups in total. The van der Waals surface area contributed by atoms with Gasteiger partial charge in [-0.05, 0) is 98.2 Å². The number of hydrogen-bond acceptors (Lipinski definition) is 11. The molecule has 4 saturated heterocycles. The fourth-order valence-corrected chi connectivity index (χ4v) is 8.90. The average molecular weight is 886 g/mol. The molecular formula is C46H56FN7O10. The Hall–Kier alpha value is -6.27. The van der Waals surface area contributed by atoms with E-state index in [1.54, 1.807) is 36.4 Å². The van der Waals surface area contributed by atoms with Crippen LogP contribution >= 0.6 is 0 Å². The number of carbonyl (C=O) groups excluding carboxylic acids is 6. The Bertz CT molecular complexity index is 1990. The van der Waals surface area contributed by atoms with E-state index in [0.717, 1.165) is 16.8 Å². The lowest BCUT2D eigenvalue weighted by atomic mass is 9.97. The van der Waals surface area contributed by atoms with E-state index < -0.39 is 36.4 Å². The lowest BCUT2D eigenvalue weighted by molar-refractivity contribution is -0.139. The zero-order valence-electron chi connectivity index (χ0n) is 36.1. The van der Waals surface area contributed by atoms with Crippen molar-refractivity contribution < 1.29 is 52.1 Å². The van der Waals surface area contributed by atoms with Crippen LogP contribution in [0.2, 0.25) is 0 Å². The van der Waals surface area contributed by atoms with Gasteiger partial charge in [0.05, 0.1) is 27.4 Å². The molecule has 17 nitrogen and oxygen atoms in total. The zero-order valence-corrected chi connectivity index (χ0v) is 36.1. The van der Waals surface area contributed by atoms with Crippen LogP contribution < -0.4 is 26.2 Å². The summed E-state index contributed by atoms with van der Waals surface area (Å²) < 4.78 is 34.5. The summed E-state index contributed by atoms with van der Waals surface area (Å²) in [7, 11) is 2.47. The summed E-state index contributed by atoms with van der Waals surface area (Å²) in [6.45, 7) is 3.27. The minimum absolute atomic E-state index is 0.227. The van der Waals surface area contributed by atoms with E-state index in [9.17, 15) is 33.2 Å². The Balaban J connectivity index is 0.970. The largest absolute Gasteiger partial charge is 0.453 e. The average Bonchev–Trinajstić information content (AvgIpc) is 4.17. The standard InChI is InChI=1S/C46H56FN7O10/c1-61-45(59)50-39(31-19-23-63-27-31)43(57)53-21-3-5-37(53)41(55)48-34-13-7-29(8-14-34)25-52(36-17-11-33(47)12-18-36)26-30-9-15-35(16-10-30)49-42(56)38-6-4-22-54(38)44(58)40(51-46(60)62-2)32-20-24-64-28-32/h7-18,31-32,37-40H,3-6,19-28H2,1-2H3,(H,48,55)(H,49,56)(H,50,59)(H,51,60)/t31-,32-,37-,38-,39-,40-/m0/s1. The van der Waals surface area contributed by atoms with Crippen LogP contribution in [-0.2, 0) is 51.2 Å². The van der Waals surface area contributed by atoms with Gasteiger partial charge >= 0.3 is 12.2 Å². The van der Waals surface area contributed by atoms with Crippen LogP contribution in [0.4, 0.5) is 31.0 Å². The first kappa shape index (κ1) is 45.7. The van der Waals surface area contributed by atoms with E-state index in [4.69, 9.17) is 18.9 Å². The van der Waals surface area contributed by atoms with Crippen LogP contribution in [-0.4, -0.2) is 124 Å². The molecule has 0 radical (unpaired) electrons. The van der Waals surface area contributed by atoms with E-state index in [2.05, 4.69) is 26.2 Å². The van der Waals surface area contributed by atoms with Crippen LogP contribution in [0.15, 0.2) is 72.8 Å². The number of methoxy groups -OCH3 is 2. The molecule has 6 amide bonds. The summed E-state index contributed by atoms with van der Waals surface area (Å²) >= 11 is 0. The monoisotopic (exact) mass is 885 g/mol. The highest BCUT2D eigenvalue weighted by molar-refractivity contribution is 5.99. The molecule has 342 valence electrons. The van der Waals surface area contributed by atoms with Crippen molar-refractivity contribution in [3.05, 3.63) is 89.7 Å². The predicted molar refractivity (Wildman–Crippen MR) is 232 cm³/mol. The van der Waals surface area contributed by atoms with Crippen LogP contribution in [0.5, 0.6) is 0 Å². The minimum Gasteiger partial charge on any atom is -0.453 e. The zero-order chi connectivity index (χ0) is 45.2. The number of benzene rings is 3. The van der Waals surface area contributed by atoms with Crippen LogP contribution in [0.25, 0.3) is 0 Å². The number of alkyl carbamates (subject to hydrolysis) is 2. The molecule has 7 rings (SSSR count). The van der Waals surface area contributed by atoms with Gasteiger partial charge in [-0.3, -0.25) is 19.2 Å². The van der Waals surface area contributed by atoms with E-state index >= 15 is 0 Å². The summed E-state index contributed by atoms with van der Waals surface area (Å²) in [5.41, 5.74) is 3.72. The third-order valence-electron chi connectivity index (χ3n) is 12.4. The molecule has 3 aromatic rings. The highest BCUT2D eigenvalue weighted by Gasteiger charge is 2.43. The molecule has 0 unspecified atom stereocenters. The molecular weight excluding hydrogens is 830 g/mol. The van der Waals surface area contributed by atoms with Crippen molar-refractivity contribution >= 4 is 52.9 Å². The summed E-state index contributed by atoms with van der Waals surface area (Å²) in [6.07, 6.45) is 2.02. The molecule has 4 aliphatic rings. The lowest BCUT2D eigenvalue weighted by Gasteiger charge is -2.30. The number of anilines is 3. The number of nitrogens with zero attached hydrogens (tertiary/aromatic N) is 3. The topological polar surface area (TPSA) is 197 Å². The van der Waals surface area contributed by atoms with Crippen molar-refractivity contribution in [2.45, 2.75) is 75.8 Å². The van der Waals surface area contributed by atoms with Gasteiger partial charge in [-0.25, -0.2) is 14.0 Å². The highest BCUT2D eigenvalue weighted by Crippen LogP contribution is 2.28. The molecule has 18 heteroatoms. The molecule has 0 spiro atoms. The Labute approximate surface area is 371 Å².